The average molecular weight is 399 g/mol. The molecule has 0 bridgehead atoms. The molecule has 0 N–H and O–H groups in total. The Morgan fingerprint density at radius 1 is 1.21 bits per heavy atom. The summed E-state index contributed by atoms with van der Waals surface area (Å²) in [7, 11) is 0. The number of fused-ring (bicyclic) bond motifs is 1. The predicted molar refractivity (Wildman–Crippen MR) is 107 cm³/mol. The van der Waals surface area contributed by atoms with Gasteiger partial charge in [0.15, 0.2) is 6.10 Å². The Labute approximate surface area is 167 Å². The molecule has 2 aromatic carbocycles. The molecular weight excluding hydrogens is 380 g/mol. The Bertz CT molecular complexity index is 976. The fourth-order valence-corrected chi connectivity index (χ4v) is 2.70. The van der Waals surface area contributed by atoms with E-state index in [0.29, 0.717) is 33.2 Å². The van der Waals surface area contributed by atoms with Crippen LogP contribution in [0.5, 0.6) is 11.6 Å². The van der Waals surface area contributed by atoms with E-state index in [0.717, 1.165) is 0 Å². The molecule has 7 heteroatoms. The highest BCUT2D eigenvalue weighted by atomic mass is 35.5. The molecule has 28 heavy (non-hydrogen) atoms. The Morgan fingerprint density at radius 2 is 2.00 bits per heavy atom. The Kier molecular flexibility index (Phi) is 6.57. The van der Waals surface area contributed by atoms with Crippen molar-refractivity contribution in [2.75, 3.05) is 13.2 Å². The summed E-state index contributed by atoms with van der Waals surface area (Å²) in [5.74, 6) is 0.460. The van der Waals surface area contributed by atoms with Crippen LogP contribution in [-0.2, 0) is 14.3 Å². The van der Waals surface area contributed by atoms with Crippen molar-refractivity contribution in [3.8, 4) is 11.6 Å². The Morgan fingerprint density at radius 3 is 2.71 bits per heavy atom. The summed E-state index contributed by atoms with van der Waals surface area (Å²) >= 11 is 5.95. The molecule has 1 aromatic heterocycles. The van der Waals surface area contributed by atoms with Crippen molar-refractivity contribution in [1.82, 2.24) is 9.97 Å². The third-order valence-electron chi connectivity index (χ3n) is 3.77. The van der Waals surface area contributed by atoms with Gasteiger partial charge in [0.25, 0.3) is 0 Å². The second kappa shape index (κ2) is 9.30. The zero-order valence-corrected chi connectivity index (χ0v) is 16.1. The molecule has 3 aromatic rings. The van der Waals surface area contributed by atoms with Gasteiger partial charge in [0.2, 0.25) is 5.88 Å². The minimum atomic E-state index is -0.822. The molecule has 0 amide bonds. The summed E-state index contributed by atoms with van der Waals surface area (Å²) in [5.41, 5.74) is 2.03. The van der Waals surface area contributed by atoms with Crippen LogP contribution in [0.25, 0.3) is 11.0 Å². The third-order valence-corrected chi connectivity index (χ3v) is 4.00. The number of rotatable bonds is 8. The van der Waals surface area contributed by atoms with Gasteiger partial charge in [0.05, 0.1) is 30.4 Å². The topological polar surface area (TPSA) is 70.5 Å². The molecule has 0 saturated carbocycles. The lowest BCUT2D eigenvalue weighted by atomic mass is 10.1. The summed E-state index contributed by atoms with van der Waals surface area (Å²) in [6, 6.07) is 12.2. The normalized spacial score (nSPS) is 11.8. The molecule has 0 fully saturated rings. The number of hydrogen-bond acceptors (Lipinski definition) is 6. The fourth-order valence-electron chi connectivity index (χ4n) is 2.53. The first-order chi connectivity index (χ1) is 13.6. The maximum absolute atomic E-state index is 12.1. The number of carbonyl (C=O) groups excluding carboxylic acids is 1. The summed E-state index contributed by atoms with van der Waals surface area (Å²) in [5, 5.41) is 0.598. The van der Waals surface area contributed by atoms with Crippen molar-refractivity contribution in [3.63, 3.8) is 0 Å². The first kappa shape index (κ1) is 19.8. The van der Waals surface area contributed by atoms with Crippen molar-refractivity contribution in [2.45, 2.75) is 13.0 Å². The predicted octanol–water partition coefficient (Wildman–Crippen LogP) is 4.88. The van der Waals surface area contributed by atoms with Crippen LogP contribution in [0.2, 0.25) is 5.02 Å². The summed E-state index contributed by atoms with van der Waals surface area (Å²) in [6.45, 7) is 5.86. The molecule has 6 nitrogen and oxygen atoms in total. The highest BCUT2D eigenvalue weighted by Gasteiger charge is 2.22. The van der Waals surface area contributed by atoms with Crippen molar-refractivity contribution in [1.29, 1.82) is 0 Å². The molecule has 144 valence electrons. The van der Waals surface area contributed by atoms with E-state index >= 15 is 0 Å². The molecular formula is C21H19ClN2O4. The van der Waals surface area contributed by atoms with Gasteiger partial charge in [-0.25, -0.2) is 14.8 Å². The number of hydrogen-bond donors (Lipinski definition) is 0. The van der Waals surface area contributed by atoms with Crippen LogP contribution in [0, 0.1) is 0 Å². The molecule has 0 aliphatic carbocycles. The molecule has 1 atom stereocenters. The van der Waals surface area contributed by atoms with Gasteiger partial charge < -0.3 is 14.2 Å². The Balaban J connectivity index is 1.76. The van der Waals surface area contributed by atoms with Gasteiger partial charge in [0.1, 0.15) is 5.75 Å². The van der Waals surface area contributed by atoms with Gasteiger partial charge in [-0.1, -0.05) is 29.8 Å². The van der Waals surface area contributed by atoms with E-state index in [2.05, 4.69) is 16.5 Å². The van der Waals surface area contributed by atoms with Crippen molar-refractivity contribution in [2.24, 2.45) is 0 Å². The number of benzene rings is 2. The molecule has 0 aliphatic rings. The first-order valence-corrected chi connectivity index (χ1v) is 9.07. The van der Waals surface area contributed by atoms with Crippen LogP contribution in [-0.4, -0.2) is 29.2 Å². The largest absolute Gasteiger partial charge is 0.464 e. The molecule has 0 radical (unpaired) electrons. The highest BCUT2D eigenvalue weighted by molar-refractivity contribution is 6.31. The van der Waals surface area contributed by atoms with Gasteiger partial charge in [-0.05, 0) is 42.8 Å². The lowest BCUT2D eigenvalue weighted by Gasteiger charge is -2.16. The van der Waals surface area contributed by atoms with Crippen LogP contribution in [0.15, 0.2) is 61.3 Å². The lowest BCUT2D eigenvalue weighted by Crippen LogP contribution is -2.19. The van der Waals surface area contributed by atoms with E-state index in [4.69, 9.17) is 25.8 Å². The number of halogens is 1. The van der Waals surface area contributed by atoms with Gasteiger partial charge in [-0.2, -0.15) is 0 Å². The quantitative estimate of drug-likeness (QED) is 0.397. The number of nitrogens with zero attached hydrogens (tertiary/aromatic N) is 2. The number of ether oxygens (including phenoxy) is 3. The minimum Gasteiger partial charge on any atom is -0.464 e. The van der Waals surface area contributed by atoms with Crippen LogP contribution >= 0.6 is 11.6 Å². The lowest BCUT2D eigenvalue weighted by molar-refractivity contribution is -0.156. The van der Waals surface area contributed by atoms with Gasteiger partial charge in [0, 0.05) is 5.02 Å². The van der Waals surface area contributed by atoms with Gasteiger partial charge in [-0.3, -0.25) is 0 Å². The monoisotopic (exact) mass is 398 g/mol. The number of esters is 1. The molecule has 3 rings (SSSR count). The molecule has 0 aliphatic heterocycles. The second-order valence-electron chi connectivity index (χ2n) is 5.77. The standard InChI is InChI=1S/C21H19ClN2O4/c1-3-11-27-20(21(25)26-4-2)14-5-8-16(9-6-14)28-19-13-23-18-12-15(22)7-10-17(18)24-19/h3,5-10,12-13,20H,1,4,11H2,2H3. The second-order valence-corrected chi connectivity index (χ2v) is 6.20. The smallest absolute Gasteiger partial charge is 0.339 e. The number of carbonyl (C=O) groups is 1. The maximum Gasteiger partial charge on any atom is 0.339 e. The summed E-state index contributed by atoms with van der Waals surface area (Å²) in [4.78, 5) is 20.8. The summed E-state index contributed by atoms with van der Waals surface area (Å²) in [6.07, 6.45) is 2.29. The molecule has 1 unspecified atom stereocenters. The van der Waals surface area contributed by atoms with Gasteiger partial charge >= 0.3 is 5.97 Å². The van der Waals surface area contributed by atoms with E-state index in [-0.39, 0.29) is 13.2 Å². The van der Waals surface area contributed by atoms with Crippen molar-refractivity contribution in [3.05, 3.63) is 71.9 Å². The van der Waals surface area contributed by atoms with Crippen LogP contribution in [0.3, 0.4) is 0 Å². The van der Waals surface area contributed by atoms with E-state index in [1.54, 1.807) is 55.5 Å². The fraction of sp³-hybridized carbons (Fsp3) is 0.190. The summed E-state index contributed by atoms with van der Waals surface area (Å²) < 4.78 is 16.4. The van der Waals surface area contributed by atoms with Gasteiger partial charge in [-0.15, -0.1) is 6.58 Å². The minimum absolute atomic E-state index is 0.235. The SMILES string of the molecule is C=CCOC(C(=O)OCC)c1ccc(Oc2cnc3cc(Cl)ccc3n2)cc1. The average Bonchev–Trinajstić information content (AvgIpc) is 2.70. The van der Waals surface area contributed by atoms with Crippen LogP contribution in [0.4, 0.5) is 0 Å². The molecule has 0 spiro atoms. The van der Waals surface area contributed by atoms with Crippen molar-refractivity contribution >= 4 is 28.6 Å². The Hall–Kier alpha value is -2.96. The van der Waals surface area contributed by atoms with E-state index in [1.807, 2.05) is 0 Å². The first-order valence-electron chi connectivity index (χ1n) is 8.70. The van der Waals surface area contributed by atoms with E-state index in [9.17, 15) is 4.79 Å². The molecule has 1 heterocycles. The zero-order valence-electron chi connectivity index (χ0n) is 15.3. The van der Waals surface area contributed by atoms with E-state index in [1.165, 1.54) is 6.20 Å². The van der Waals surface area contributed by atoms with Crippen LogP contribution in [0.1, 0.15) is 18.6 Å². The number of aromatic nitrogens is 2. The van der Waals surface area contributed by atoms with Crippen LogP contribution < -0.4 is 4.74 Å². The van der Waals surface area contributed by atoms with Crippen molar-refractivity contribution < 1.29 is 19.0 Å². The highest BCUT2D eigenvalue weighted by Crippen LogP contribution is 2.26. The zero-order chi connectivity index (χ0) is 19.9. The molecule has 0 saturated heterocycles. The maximum atomic E-state index is 12.1. The third kappa shape index (κ3) is 4.85. The van der Waals surface area contributed by atoms with E-state index < -0.39 is 12.1 Å².